The Morgan fingerprint density at radius 3 is 2.30 bits per heavy atom. The molecule has 0 atom stereocenters. The smallest absolute Gasteiger partial charge is 0.304 e. The largest absolute Gasteiger partial charge is 0.439 e. The van der Waals surface area contributed by atoms with Crippen molar-refractivity contribution in [3.63, 3.8) is 0 Å². The molecule has 0 unspecified atom stereocenters. The Kier molecular flexibility index (Phi) is 4.49. The Bertz CT molecular complexity index is 114. The molecule has 0 bridgehead atoms. The first-order chi connectivity index (χ1) is 4.63. The van der Waals surface area contributed by atoms with Crippen LogP contribution in [-0.2, 0) is 19.1 Å². The minimum absolute atomic E-state index is 0.00667. The van der Waals surface area contributed by atoms with Crippen molar-refractivity contribution in [3.05, 3.63) is 0 Å². The Balaban J connectivity index is 3.06. The van der Waals surface area contributed by atoms with Crippen molar-refractivity contribution in [2.75, 3.05) is 13.4 Å². The summed E-state index contributed by atoms with van der Waals surface area (Å²) in [5.74, 6) is -0.504. The van der Waals surface area contributed by atoms with Crippen molar-refractivity contribution >= 4 is 11.8 Å². The summed E-state index contributed by atoms with van der Waals surface area (Å²) < 4.78 is 8.99. The minimum Gasteiger partial charge on any atom is -0.439 e. The van der Waals surface area contributed by atoms with Crippen LogP contribution in [0, 0.1) is 0 Å². The minimum atomic E-state index is -0.413. The molecular weight excluding hydrogens is 136 g/mol. The van der Waals surface area contributed by atoms with Crippen molar-refractivity contribution < 1.29 is 19.1 Å². The molecule has 0 aliphatic rings. The second-order valence-electron chi connectivity index (χ2n) is 1.80. The number of ketones is 1. The molecule has 0 radical (unpaired) electrons. The Hall–Kier alpha value is -0.900. The van der Waals surface area contributed by atoms with Gasteiger partial charge in [0, 0.05) is 6.92 Å². The second kappa shape index (κ2) is 4.93. The molecule has 10 heavy (non-hydrogen) atoms. The van der Waals surface area contributed by atoms with Crippen LogP contribution in [0.1, 0.15) is 13.8 Å². The van der Waals surface area contributed by atoms with Gasteiger partial charge in [0.25, 0.3) is 0 Å². The molecule has 0 heterocycles. The monoisotopic (exact) mass is 146 g/mol. The lowest BCUT2D eigenvalue weighted by atomic mass is 10.5. The first-order valence-corrected chi connectivity index (χ1v) is 2.83. The van der Waals surface area contributed by atoms with Crippen LogP contribution in [0.3, 0.4) is 0 Å². The van der Waals surface area contributed by atoms with Crippen LogP contribution >= 0.6 is 0 Å². The maximum absolute atomic E-state index is 10.2. The molecule has 4 nitrogen and oxygen atoms in total. The molecule has 0 spiro atoms. The first kappa shape index (κ1) is 9.10. The van der Waals surface area contributed by atoms with Crippen LogP contribution in [0.15, 0.2) is 0 Å². The average Bonchev–Trinajstić information content (AvgIpc) is 1.79. The normalized spacial score (nSPS) is 9.00. The van der Waals surface area contributed by atoms with E-state index in [1.54, 1.807) is 0 Å². The van der Waals surface area contributed by atoms with Crippen LogP contribution in [0.5, 0.6) is 0 Å². The maximum atomic E-state index is 10.2. The predicted molar refractivity (Wildman–Crippen MR) is 33.3 cm³/mol. The van der Waals surface area contributed by atoms with Crippen molar-refractivity contribution in [2.45, 2.75) is 13.8 Å². The lowest BCUT2D eigenvalue weighted by Crippen LogP contribution is -2.09. The number of Topliss-reactive ketones (excluding diaryl/α,β-unsaturated/α-hetero) is 1. The summed E-state index contributed by atoms with van der Waals surface area (Å²) in [5, 5.41) is 0. The fourth-order valence-corrected chi connectivity index (χ4v) is 0.310. The lowest BCUT2D eigenvalue weighted by molar-refractivity contribution is -0.155. The number of hydrogen-bond acceptors (Lipinski definition) is 4. The SMILES string of the molecule is CC(=O)COCOC(C)=O. The summed E-state index contributed by atoms with van der Waals surface area (Å²) in [6, 6.07) is 0. The van der Waals surface area contributed by atoms with Gasteiger partial charge in [-0.2, -0.15) is 0 Å². The fraction of sp³-hybridized carbons (Fsp3) is 0.667. The molecule has 58 valence electrons. The molecule has 0 rings (SSSR count). The molecule has 0 aliphatic heterocycles. The van der Waals surface area contributed by atoms with Crippen LogP contribution in [0.4, 0.5) is 0 Å². The van der Waals surface area contributed by atoms with Crippen LogP contribution in [-0.4, -0.2) is 25.2 Å². The molecule has 0 aromatic heterocycles. The van der Waals surface area contributed by atoms with Gasteiger partial charge in [-0.1, -0.05) is 0 Å². The fourth-order valence-electron chi connectivity index (χ4n) is 0.310. The van der Waals surface area contributed by atoms with Gasteiger partial charge in [0.1, 0.15) is 6.61 Å². The van der Waals surface area contributed by atoms with E-state index >= 15 is 0 Å². The zero-order valence-electron chi connectivity index (χ0n) is 6.05. The molecule has 0 saturated carbocycles. The third kappa shape index (κ3) is 7.10. The maximum Gasteiger partial charge on any atom is 0.304 e. The third-order valence-electron chi connectivity index (χ3n) is 0.651. The summed E-state index contributed by atoms with van der Waals surface area (Å²) in [7, 11) is 0. The zero-order valence-corrected chi connectivity index (χ0v) is 6.05. The van der Waals surface area contributed by atoms with E-state index in [9.17, 15) is 9.59 Å². The van der Waals surface area contributed by atoms with Crippen LogP contribution < -0.4 is 0 Å². The topological polar surface area (TPSA) is 52.6 Å². The van der Waals surface area contributed by atoms with Crippen LogP contribution in [0.25, 0.3) is 0 Å². The quantitative estimate of drug-likeness (QED) is 0.321. The molecule has 4 heteroatoms. The highest BCUT2D eigenvalue weighted by atomic mass is 16.7. The predicted octanol–water partition coefficient (Wildman–Crippen LogP) is 0.113. The standard InChI is InChI=1S/C6H10O4/c1-5(7)3-9-4-10-6(2)8/h3-4H2,1-2H3. The highest BCUT2D eigenvalue weighted by molar-refractivity contribution is 5.76. The summed E-state index contributed by atoms with van der Waals surface area (Å²) in [6.45, 7) is 2.52. The molecule has 0 N–H and O–H groups in total. The van der Waals surface area contributed by atoms with Gasteiger partial charge < -0.3 is 9.47 Å². The highest BCUT2D eigenvalue weighted by Crippen LogP contribution is 1.79. The number of hydrogen-bond donors (Lipinski definition) is 0. The highest BCUT2D eigenvalue weighted by Gasteiger charge is 1.94. The van der Waals surface area contributed by atoms with Gasteiger partial charge in [-0.25, -0.2) is 0 Å². The number of carbonyl (C=O) groups is 2. The Morgan fingerprint density at radius 1 is 1.30 bits per heavy atom. The molecular formula is C6H10O4. The van der Waals surface area contributed by atoms with Crippen molar-refractivity contribution in [3.8, 4) is 0 Å². The van der Waals surface area contributed by atoms with Gasteiger partial charge in [-0.3, -0.25) is 9.59 Å². The summed E-state index contributed by atoms with van der Waals surface area (Å²) in [5.41, 5.74) is 0. The van der Waals surface area contributed by atoms with Crippen molar-refractivity contribution in [1.29, 1.82) is 0 Å². The second-order valence-corrected chi connectivity index (χ2v) is 1.80. The summed E-state index contributed by atoms with van der Waals surface area (Å²) in [6.07, 6.45) is 0. The van der Waals surface area contributed by atoms with Crippen molar-refractivity contribution in [2.24, 2.45) is 0 Å². The summed E-state index contributed by atoms with van der Waals surface area (Å²) >= 11 is 0. The third-order valence-corrected chi connectivity index (χ3v) is 0.651. The number of rotatable bonds is 4. The summed E-state index contributed by atoms with van der Waals surface area (Å²) in [4.78, 5) is 20.3. The Labute approximate surface area is 59.1 Å². The van der Waals surface area contributed by atoms with E-state index in [1.165, 1.54) is 13.8 Å². The number of esters is 1. The average molecular weight is 146 g/mol. The van der Waals surface area contributed by atoms with E-state index < -0.39 is 5.97 Å². The van der Waals surface area contributed by atoms with E-state index in [-0.39, 0.29) is 19.2 Å². The number of ether oxygens (including phenoxy) is 2. The van der Waals surface area contributed by atoms with E-state index in [1.807, 2.05) is 0 Å². The van der Waals surface area contributed by atoms with Gasteiger partial charge in [0.05, 0.1) is 0 Å². The van der Waals surface area contributed by atoms with E-state index in [0.717, 1.165) is 0 Å². The number of carbonyl (C=O) groups excluding carboxylic acids is 2. The van der Waals surface area contributed by atoms with Gasteiger partial charge in [0.2, 0.25) is 0 Å². The molecule has 0 aliphatic carbocycles. The van der Waals surface area contributed by atoms with Crippen molar-refractivity contribution in [1.82, 2.24) is 0 Å². The zero-order chi connectivity index (χ0) is 7.98. The molecule has 0 aromatic carbocycles. The van der Waals surface area contributed by atoms with Gasteiger partial charge in [0.15, 0.2) is 12.6 Å². The van der Waals surface area contributed by atoms with Gasteiger partial charge in [-0.15, -0.1) is 0 Å². The van der Waals surface area contributed by atoms with Gasteiger partial charge >= 0.3 is 5.97 Å². The van der Waals surface area contributed by atoms with Gasteiger partial charge in [-0.05, 0) is 6.92 Å². The van der Waals surface area contributed by atoms with E-state index in [2.05, 4.69) is 9.47 Å². The Morgan fingerprint density at radius 2 is 1.90 bits per heavy atom. The molecule has 0 amide bonds. The lowest BCUT2D eigenvalue weighted by Gasteiger charge is -2.00. The van der Waals surface area contributed by atoms with E-state index in [4.69, 9.17) is 0 Å². The van der Waals surface area contributed by atoms with E-state index in [0.29, 0.717) is 0 Å². The van der Waals surface area contributed by atoms with Crippen LogP contribution in [0.2, 0.25) is 0 Å². The molecule has 0 saturated heterocycles. The first-order valence-electron chi connectivity index (χ1n) is 2.83. The molecule has 0 fully saturated rings. The molecule has 0 aromatic rings.